The second-order valence-corrected chi connectivity index (χ2v) is 7.21. The van der Waals surface area contributed by atoms with Gasteiger partial charge in [0.1, 0.15) is 5.75 Å². The maximum atomic E-state index is 12.5. The van der Waals surface area contributed by atoms with Gasteiger partial charge in [-0.25, -0.2) is 4.79 Å². The van der Waals surface area contributed by atoms with Gasteiger partial charge < -0.3 is 19.7 Å². The van der Waals surface area contributed by atoms with Crippen molar-refractivity contribution < 1.29 is 14.3 Å². The molecule has 1 aromatic carbocycles. The van der Waals surface area contributed by atoms with E-state index in [1.807, 2.05) is 30.9 Å². The van der Waals surface area contributed by atoms with E-state index in [1.54, 1.807) is 6.07 Å². The highest BCUT2D eigenvalue weighted by Gasteiger charge is 2.36. The van der Waals surface area contributed by atoms with Crippen molar-refractivity contribution in [3.63, 3.8) is 0 Å². The van der Waals surface area contributed by atoms with Gasteiger partial charge in [-0.3, -0.25) is 0 Å². The zero-order valence-corrected chi connectivity index (χ0v) is 15.0. The molecule has 1 aliphatic heterocycles. The molecule has 0 unspecified atom stereocenters. The number of halogens is 1. The summed E-state index contributed by atoms with van der Waals surface area (Å²) in [7, 11) is 0. The molecular formula is C18H25ClN2O3. The Balaban J connectivity index is 1.58. The Morgan fingerprint density at radius 3 is 2.96 bits per heavy atom. The van der Waals surface area contributed by atoms with Crippen molar-refractivity contribution >= 4 is 17.6 Å². The molecule has 24 heavy (non-hydrogen) atoms. The molecule has 1 N–H and O–H groups in total. The Morgan fingerprint density at radius 1 is 1.46 bits per heavy atom. The lowest BCUT2D eigenvalue weighted by Crippen LogP contribution is -2.50. The number of carbonyl (C=O) groups is 1. The van der Waals surface area contributed by atoms with Crippen molar-refractivity contribution in [1.29, 1.82) is 0 Å². The van der Waals surface area contributed by atoms with Gasteiger partial charge in [-0.15, -0.1) is 0 Å². The fourth-order valence-electron chi connectivity index (χ4n) is 2.95. The molecule has 1 saturated heterocycles. The summed E-state index contributed by atoms with van der Waals surface area (Å²) >= 11 is 6.08. The Labute approximate surface area is 148 Å². The Hall–Kier alpha value is -1.46. The van der Waals surface area contributed by atoms with Crippen LogP contribution in [-0.4, -0.2) is 42.8 Å². The van der Waals surface area contributed by atoms with Gasteiger partial charge in [0.2, 0.25) is 0 Å². The van der Waals surface area contributed by atoms with E-state index in [0.717, 1.165) is 11.3 Å². The predicted octanol–water partition coefficient (Wildman–Crippen LogP) is 3.45. The third-order valence-electron chi connectivity index (χ3n) is 4.34. The van der Waals surface area contributed by atoms with Crippen LogP contribution in [0, 0.1) is 5.92 Å². The molecule has 1 aromatic rings. The molecule has 1 aliphatic carbocycles. The maximum Gasteiger partial charge on any atom is 0.317 e. The van der Waals surface area contributed by atoms with Gasteiger partial charge in [0.15, 0.2) is 0 Å². The highest BCUT2D eigenvalue weighted by Crippen LogP contribution is 2.35. The summed E-state index contributed by atoms with van der Waals surface area (Å²) < 4.78 is 11.6. The SMILES string of the molecule is CC(C)Oc1ccc(Cl)cc1CNC(=O)N1CCO[C@H](C2CC2)C1. The summed E-state index contributed by atoms with van der Waals surface area (Å²) in [4.78, 5) is 14.3. The van der Waals surface area contributed by atoms with E-state index in [4.69, 9.17) is 21.1 Å². The van der Waals surface area contributed by atoms with E-state index >= 15 is 0 Å². The third-order valence-corrected chi connectivity index (χ3v) is 4.58. The summed E-state index contributed by atoms with van der Waals surface area (Å²) in [6.45, 7) is 6.28. The second kappa shape index (κ2) is 7.62. The molecule has 2 fully saturated rings. The largest absolute Gasteiger partial charge is 0.491 e. The normalized spacial score (nSPS) is 21.0. The fraction of sp³-hybridized carbons (Fsp3) is 0.611. The van der Waals surface area contributed by atoms with E-state index in [0.29, 0.717) is 37.2 Å². The minimum Gasteiger partial charge on any atom is -0.491 e. The fourth-order valence-corrected chi connectivity index (χ4v) is 3.15. The van der Waals surface area contributed by atoms with Crippen molar-refractivity contribution in [3.8, 4) is 5.75 Å². The quantitative estimate of drug-likeness (QED) is 0.883. The molecule has 3 rings (SSSR count). The number of carbonyl (C=O) groups excluding carboxylic acids is 1. The summed E-state index contributed by atoms with van der Waals surface area (Å²) in [5.41, 5.74) is 0.886. The molecular weight excluding hydrogens is 328 g/mol. The standard InChI is InChI=1S/C18H25ClN2O3/c1-12(2)24-16-6-5-15(19)9-14(16)10-20-18(22)21-7-8-23-17(11-21)13-3-4-13/h5-6,9,12-13,17H,3-4,7-8,10-11H2,1-2H3,(H,20,22)/t17-/m0/s1. The summed E-state index contributed by atoms with van der Waals surface area (Å²) in [6, 6.07) is 5.43. The van der Waals surface area contributed by atoms with Crippen LogP contribution in [-0.2, 0) is 11.3 Å². The van der Waals surface area contributed by atoms with Gasteiger partial charge >= 0.3 is 6.03 Å². The summed E-state index contributed by atoms with van der Waals surface area (Å²) in [5.74, 6) is 1.40. The van der Waals surface area contributed by atoms with Gasteiger partial charge in [-0.2, -0.15) is 0 Å². The number of ether oxygens (including phenoxy) is 2. The van der Waals surface area contributed by atoms with Crippen LogP contribution in [0.4, 0.5) is 4.79 Å². The minimum absolute atomic E-state index is 0.0561. The van der Waals surface area contributed by atoms with E-state index < -0.39 is 0 Å². The van der Waals surface area contributed by atoms with Crippen LogP contribution >= 0.6 is 11.6 Å². The van der Waals surface area contributed by atoms with E-state index in [2.05, 4.69) is 5.32 Å². The molecule has 0 aromatic heterocycles. The number of amides is 2. The molecule has 5 nitrogen and oxygen atoms in total. The maximum absolute atomic E-state index is 12.5. The van der Waals surface area contributed by atoms with Crippen molar-refractivity contribution in [2.45, 2.75) is 45.4 Å². The lowest BCUT2D eigenvalue weighted by Gasteiger charge is -2.33. The first-order valence-electron chi connectivity index (χ1n) is 8.62. The summed E-state index contributed by atoms with van der Waals surface area (Å²) in [6.07, 6.45) is 2.71. The number of urea groups is 1. The van der Waals surface area contributed by atoms with E-state index in [9.17, 15) is 4.79 Å². The van der Waals surface area contributed by atoms with Gasteiger partial charge in [0, 0.05) is 30.2 Å². The zero-order chi connectivity index (χ0) is 17.1. The molecule has 1 heterocycles. The monoisotopic (exact) mass is 352 g/mol. The average Bonchev–Trinajstić information content (AvgIpc) is 3.39. The first kappa shape index (κ1) is 17.4. The Morgan fingerprint density at radius 2 is 2.25 bits per heavy atom. The minimum atomic E-state index is -0.0561. The molecule has 0 bridgehead atoms. The first-order chi connectivity index (χ1) is 11.5. The Kier molecular flexibility index (Phi) is 5.51. The number of rotatable bonds is 5. The van der Waals surface area contributed by atoms with Crippen molar-refractivity contribution in [2.24, 2.45) is 5.92 Å². The molecule has 0 spiro atoms. The van der Waals surface area contributed by atoms with Crippen LogP contribution in [0.3, 0.4) is 0 Å². The number of morpholine rings is 1. The molecule has 132 valence electrons. The molecule has 2 amide bonds. The van der Waals surface area contributed by atoms with Gasteiger partial charge in [0.05, 0.1) is 18.8 Å². The molecule has 1 atom stereocenters. The predicted molar refractivity (Wildman–Crippen MR) is 93.5 cm³/mol. The van der Waals surface area contributed by atoms with Crippen LogP contribution in [0.25, 0.3) is 0 Å². The van der Waals surface area contributed by atoms with Gasteiger partial charge in [0.25, 0.3) is 0 Å². The smallest absolute Gasteiger partial charge is 0.317 e. The van der Waals surface area contributed by atoms with Crippen molar-refractivity contribution in [3.05, 3.63) is 28.8 Å². The number of nitrogens with zero attached hydrogens (tertiary/aromatic N) is 1. The van der Waals surface area contributed by atoms with Crippen LogP contribution in [0.1, 0.15) is 32.3 Å². The highest BCUT2D eigenvalue weighted by molar-refractivity contribution is 6.30. The molecule has 0 radical (unpaired) electrons. The van der Waals surface area contributed by atoms with Crippen LogP contribution in [0.2, 0.25) is 5.02 Å². The lowest BCUT2D eigenvalue weighted by molar-refractivity contribution is -0.0252. The van der Waals surface area contributed by atoms with E-state index in [1.165, 1.54) is 12.8 Å². The zero-order valence-electron chi connectivity index (χ0n) is 14.3. The summed E-state index contributed by atoms with van der Waals surface area (Å²) in [5, 5.41) is 3.62. The third kappa shape index (κ3) is 4.54. The number of hydrogen-bond donors (Lipinski definition) is 1. The van der Waals surface area contributed by atoms with Crippen LogP contribution < -0.4 is 10.1 Å². The number of benzene rings is 1. The first-order valence-corrected chi connectivity index (χ1v) is 9.00. The van der Waals surface area contributed by atoms with Crippen molar-refractivity contribution in [2.75, 3.05) is 19.7 Å². The van der Waals surface area contributed by atoms with Crippen molar-refractivity contribution in [1.82, 2.24) is 10.2 Å². The highest BCUT2D eigenvalue weighted by atomic mass is 35.5. The Bertz CT molecular complexity index is 590. The molecule has 2 aliphatic rings. The lowest BCUT2D eigenvalue weighted by atomic mass is 10.2. The van der Waals surface area contributed by atoms with Gasteiger partial charge in [-0.1, -0.05) is 11.6 Å². The average molecular weight is 353 g/mol. The number of hydrogen-bond acceptors (Lipinski definition) is 3. The van der Waals surface area contributed by atoms with Crippen LogP contribution in [0.15, 0.2) is 18.2 Å². The van der Waals surface area contributed by atoms with E-state index in [-0.39, 0.29) is 18.2 Å². The topological polar surface area (TPSA) is 50.8 Å². The molecule has 1 saturated carbocycles. The van der Waals surface area contributed by atoms with Gasteiger partial charge in [-0.05, 0) is 50.8 Å². The van der Waals surface area contributed by atoms with Crippen LogP contribution in [0.5, 0.6) is 5.75 Å². The number of nitrogens with one attached hydrogen (secondary N) is 1. The second-order valence-electron chi connectivity index (χ2n) is 6.77. The molecule has 6 heteroatoms.